The van der Waals surface area contributed by atoms with Crippen LogP contribution in [0.3, 0.4) is 0 Å². The minimum atomic E-state index is -0.955. The molecule has 2 aromatic heterocycles. The lowest BCUT2D eigenvalue weighted by Crippen LogP contribution is -2.02. The Bertz CT molecular complexity index is 718. The first-order valence-corrected chi connectivity index (χ1v) is 5.64. The number of aryl methyl sites for hydroxylation is 2. The number of H-pyrrole nitrogens is 1. The SMILES string of the molecule is O=C(O)c1ccc2c(c1)ncn2CCc1nn[nH]n1. The smallest absolute Gasteiger partial charge is 0.335 e. The number of carboxylic acid groups (broad SMARTS) is 1. The summed E-state index contributed by atoms with van der Waals surface area (Å²) in [5.41, 5.74) is 1.78. The predicted octanol–water partition coefficient (Wildman–Crippen LogP) is 0.490. The van der Waals surface area contributed by atoms with E-state index in [-0.39, 0.29) is 5.56 Å². The van der Waals surface area contributed by atoms with Crippen molar-refractivity contribution in [3.8, 4) is 0 Å². The molecule has 0 atom stereocenters. The average molecular weight is 258 g/mol. The zero-order valence-corrected chi connectivity index (χ0v) is 9.82. The third-order valence-corrected chi connectivity index (χ3v) is 2.83. The van der Waals surface area contributed by atoms with Crippen LogP contribution in [0.15, 0.2) is 24.5 Å². The second-order valence-corrected chi connectivity index (χ2v) is 4.02. The number of aromatic amines is 1. The van der Waals surface area contributed by atoms with Crippen molar-refractivity contribution in [1.82, 2.24) is 30.2 Å². The van der Waals surface area contributed by atoms with Gasteiger partial charge in [0.05, 0.1) is 22.9 Å². The molecule has 0 spiro atoms. The maximum absolute atomic E-state index is 10.9. The van der Waals surface area contributed by atoms with Crippen LogP contribution < -0.4 is 0 Å². The van der Waals surface area contributed by atoms with Gasteiger partial charge in [-0.2, -0.15) is 5.21 Å². The van der Waals surface area contributed by atoms with Crippen LogP contribution >= 0.6 is 0 Å². The summed E-state index contributed by atoms with van der Waals surface area (Å²) in [4.78, 5) is 15.1. The fourth-order valence-electron chi connectivity index (χ4n) is 1.88. The van der Waals surface area contributed by atoms with Gasteiger partial charge < -0.3 is 9.67 Å². The lowest BCUT2D eigenvalue weighted by molar-refractivity contribution is 0.0697. The number of aromatic nitrogens is 6. The van der Waals surface area contributed by atoms with E-state index in [4.69, 9.17) is 5.11 Å². The van der Waals surface area contributed by atoms with E-state index in [9.17, 15) is 4.79 Å². The van der Waals surface area contributed by atoms with E-state index < -0.39 is 5.97 Å². The van der Waals surface area contributed by atoms with Crippen LogP contribution in [0.4, 0.5) is 0 Å². The first-order valence-electron chi connectivity index (χ1n) is 5.64. The van der Waals surface area contributed by atoms with E-state index in [1.807, 2.05) is 4.57 Å². The van der Waals surface area contributed by atoms with Gasteiger partial charge in [-0.3, -0.25) is 0 Å². The molecular formula is C11H10N6O2. The maximum atomic E-state index is 10.9. The van der Waals surface area contributed by atoms with E-state index in [0.717, 1.165) is 5.52 Å². The first-order chi connectivity index (χ1) is 9.24. The topological polar surface area (TPSA) is 110 Å². The van der Waals surface area contributed by atoms with Gasteiger partial charge in [0, 0.05) is 13.0 Å². The number of fused-ring (bicyclic) bond motifs is 1. The molecule has 0 bridgehead atoms. The molecule has 0 radical (unpaired) electrons. The number of nitrogens with one attached hydrogen (secondary N) is 1. The van der Waals surface area contributed by atoms with Crippen molar-refractivity contribution >= 4 is 17.0 Å². The molecule has 0 fully saturated rings. The number of tetrazole rings is 1. The maximum Gasteiger partial charge on any atom is 0.335 e. The number of imidazole rings is 1. The van der Waals surface area contributed by atoms with Crippen LogP contribution in [0.5, 0.6) is 0 Å². The van der Waals surface area contributed by atoms with Crippen LogP contribution in [0, 0.1) is 0 Å². The minimum absolute atomic E-state index is 0.232. The number of aromatic carboxylic acids is 1. The van der Waals surface area contributed by atoms with E-state index >= 15 is 0 Å². The van der Waals surface area contributed by atoms with Gasteiger partial charge in [0.2, 0.25) is 0 Å². The molecule has 0 aliphatic rings. The highest BCUT2D eigenvalue weighted by Gasteiger charge is 2.08. The molecule has 0 aliphatic heterocycles. The Labute approximate surface area is 107 Å². The number of nitrogens with zero attached hydrogens (tertiary/aromatic N) is 5. The molecule has 96 valence electrons. The van der Waals surface area contributed by atoms with Crippen LogP contribution in [0.2, 0.25) is 0 Å². The van der Waals surface area contributed by atoms with Crippen molar-refractivity contribution in [3.05, 3.63) is 35.9 Å². The van der Waals surface area contributed by atoms with Crippen LogP contribution in [-0.4, -0.2) is 41.3 Å². The Morgan fingerprint density at radius 1 is 1.42 bits per heavy atom. The zero-order valence-electron chi connectivity index (χ0n) is 9.82. The van der Waals surface area contributed by atoms with Crippen LogP contribution in [0.25, 0.3) is 11.0 Å². The van der Waals surface area contributed by atoms with E-state index in [1.165, 1.54) is 0 Å². The summed E-state index contributed by atoms with van der Waals surface area (Å²) in [7, 11) is 0. The molecule has 2 heterocycles. The Morgan fingerprint density at radius 2 is 2.32 bits per heavy atom. The zero-order chi connectivity index (χ0) is 13.2. The second kappa shape index (κ2) is 4.48. The number of carboxylic acids is 1. The molecule has 1 aromatic carbocycles. The molecule has 8 nitrogen and oxygen atoms in total. The summed E-state index contributed by atoms with van der Waals surface area (Å²) in [5.74, 6) is -0.327. The molecule has 0 aliphatic carbocycles. The highest BCUT2D eigenvalue weighted by Crippen LogP contribution is 2.15. The molecule has 3 rings (SSSR count). The third kappa shape index (κ3) is 2.15. The Kier molecular flexibility index (Phi) is 2.67. The van der Waals surface area contributed by atoms with E-state index in [0.29, 0.717) is 24.3 Å². The van der Waals surface area contributed by atoms with Crippen molar-refractivity contribution in [1.29, 1.82) is 0 Å². The Balaban J connectivity index is 1.86. The standard InChI is InChI=1S/C11H10N6O2/c18-11(19)7-1-2-9-8(5-7)12-6-17(9)4-3-10-13-15-16-14-10/h1-2,5-6H,3-4H2,(H,18,19)(H,13,14,15,16). The van der Waals surface area contributed by atoms with Gasteiger partial charge >= 0.3 is 5.97 Å². The average Bonchev–Trinajstić information content (AvgIpc) is 3.05. The van der Waals surface area contributed by atoms with Crippen molar-refractivity contribution in [3.63, 3.8) is 0 Å². The molecule has 8 heteroatoms. The Hall–Kier alpha value is -2.77. The summed E-state index contributed by atoms with van der Waals surface area (Å²) in [6.07, 6.45) is 2.30. The minimum Gasteiger partial charge on any atom is -0.478 e. The molecule has 0 saturated carbocycles. The largest absolute Gasteiger partial charge is 0.478 e. The monoisotopic (exact) mass is 258 g/mol. The van der Waals surface area contributed by atoms with Gasteiger partial charge in [0.1, 0.15) is 0 Å². The molecule has 2 N–H and O–H groups in total. The van der Waals surface area contributed by atoms with Crippen molar-refractivity contribution in [2.45, 2.75) is 13.0 Å². The summed E-state index contributed by atoms with van der Waals surface area (Å²) in [6.45, 7) is 0.655. The summed E-state index contributed by atoms with van der Waals surface area (Å²) >= 11 is 0. The fourth-order valence-corrected chi connectivity index (χ4v) is 1.88. The lowest BCUT2D eigenvalue weighted by Gasteiger charge is -2.02. The van der Waals surface area contributed by atoms with Gasteiger partial charge in [-0.15, -0.1) is 10.2 Å². The van der Waals surface area contributed by atoms with Gasteiger partial charge in [-0.25, -0.2) is 9.78 Å². The number of hydrogen-bond donors (Lipinski definition) is 2. The van der Waals surface area contributed by atoms with Gasteiger partial charge in [0.15, 0.2) is 5.82 Å². The summed E-state index contributed by atoms with van der Waals surface area (Å²) < 4.78 is 1.93. The van der Waals surface area contributed by atoms with Crippen LogP contribution in [-0.2, 0) is 13.0 Å². The third-order valence-electron chi connectivity index (χ3n) is 2.83. The molecule has 3 aromatic rings. The summed E-state index contributed by atoms with van der Waals surface area (Å²) in [5, 5.41) is 22.6. The molecule has 0 unspecified atom stereocenters. The molecule has 0 saturated heterocycles. The van der Waals surface area contributed by atoms with Crippen molar-refractivity contribution < 1.29 is 9.90 Å². The molecule has 0 amide bonds. The fraction of sp³-hybridized carbons (Fsp3) is 0.182. The van der Waals surface area contributed by atoms with Crippen LogP contribution in [0.1, 0.15) is 16.2 Å². The highest BCUT2D eigenvalue weighted by atomic mass is 16.4. The Morgan fingerprint density at radius 3 is 3.05 bits per heavy atom. The van der Waals surface area contributed by atoms with E-state index in [2.05, 4.69) is 25.6 Å². The normalized spacial score (nSPS) is 10.9. The van der Waals surface area contributed by atoms with Gasteiger partial charge in [-0.1, -0.05) is 5.21 Å². The van der Waals surface area contributed by atoms with E-state index in [1.54, 1.807) is 24.5 Å². The van der Waals surface area contributed by atoms with Gasteiger partial charge in [-0.05, 0) is 18.2 Å². The number of benzene rings is 1. The number of rotatable bonds is 4. The number of carbonyl (C=O) groups is 1. The van der Waals surface area contributed by atoms with Crippen molar-refractivity contribution in [2.75, 3.05) is 0 Å². The first kappa shape index (κ1) is 11.3. The predicted molar refractivity (Wildman–Crippen MR) is 64.6 cm³/mol. The molecule has 19 heavy (non-hydrogen) atoms. The highest BCUT2D eigenvalue weighted by molar-refractivity contribution is 5.92. The van der Waals surface area contributed by atoms with Crippen molar-refractivity contribution in [2.24, 2.45) is 0 Å². The number of hydrogen-bond acceptors (Lipinski definition) is 5. The molecular weight excluding hydrogens is 248 g/mol. The summed E-state index contributed by atoms with van der Waals surface area (Å²) in [6, 6.07) is 4.88. The quantitative estimate of drug-likeness (QED) is 0.704. The lowest BCUT2D eigenvalue weighted by atomic mass is 10.2. The second-order valence-electron chi connectivity index (χ2n) is 4.02. The van der Waals surface area contributed by atoms with Gasteiger partial charge in [0.25, 0.3) is 0 Å².